The number of aliphatic hydroxyl groups excluding tert-OH is 1. The van der Waals surface area contributed by atoms with Gasteiger partial charge in [0.05, 0.1) is 11.7 Å². The average molecular weight is 427 g/mol. The van der Waals surface area contributed by atoms with Gasteiger partial charge < -0.3 is 15.2 Å². The number of allylic oxidation sites excluding steroid dienone is 2. The number of amides is 1. The van der Waals surface area contributed by atoms with Crippen molar-refractivity contribution in [3.8, 4) is 17.0 Å². The highest BCUT2D eigenvalue weighted by Gasteiger charge is 2.36. The zero-order chi connectivity index (χ0) is 21.3. The number of aromatic nitrogens is 1. The average Bonchev–Trinajstić information content (AvgIpc) is 2.73. The smallest absolute Gasteiger partial charge is 0.246 e. The predicted molar refractivity (Wildman–Crippen MR) is 118 cm³/mol. The van der Waals surface area contributed by atoms with E-state index in [0.717, 1.165) is 41.6 Å². The summed E-state index contributed by atoms with van der Waals surface area (Å²) in [6.45, 7) is 3.43. The van der Waals surface area contributed by atoms with Crippen LogP contribution in [0.15, 0.2) is 36.4 Å². The van der Waals surface area contributed by atoms with Crippen LogP contribution in [0.25, 0.3) is 16.7 Å². The summed E-state index contributed by atoms with van der Waals surface area (Å²) < 4.78 is 6.23. The zero-order valence-electron chi connectivity index (χ0n) is 17.4. The van der Waals surface area contributed by atoms with Crippen molar-refractivity contribution in [1.29, 1.82) is 0 Å². The van der Waals surface area contributed by atoms with Gasteiger partial charge in [0.15, 0.2) is 0 Å². The molecule has 5 nitrogen and oxygen atoms in total. The molecule has 2 aliphatic rings. The van der Waals surface area contributed by atoms with Crippen molar-refractivity contribution in [2.24, 2.45) is 0 Å². The first-order valence-corrected chi connectivity index (χ1v) is 10.8. The van der Waals surface area contributed by atoms with Gasteiger partial charge in [-0.3, -0.25) is 4.79 Å². The number of hydrogen-bond donors (Lipinski definition) is 2. The van der Waals surface area contributed by atoms with Crippen molar-refractivity contribution >= 4 is 23.1 Å². The molecule has 0 saturated heterocycles. The molecule has 0 fully saturated rings. The Morgan fingerprint density at radius 1 is 1.30 bits per heavy atom. The number of nitrogens with zero attached hydrogens (tertiary/aromatic N) is 1. The summed E-state index contributed by atoms with van der Waals surface area (Å²) >= 11 is 6.11. The summed E-state index contributed by atoms with van der Waals surface area (Å²) in [5.74, 6) is 0.143. The molecule has 1 aromatic carbocycles. The fraction of sp³-hybridized carbons (Fsp3) is 0.417. The summed E-state index contributed by atoms with van der Waals surface area (Å²) in [5.41, 5.74) is 4.55. The van der Waals surface area contributed by atoms with Crippen LogP contribution >= 0.6 is 11.6 Å². The Morgan fingerprint density at radius 2 is 2.07 bits per heavy atom. The van der Waals surface area contributed by atoms with Crippen LogP contribution in [0.1, 0.15) is 63.3 Å². The van der Waals surface area contributed by atoms with Gasteiger partial charge in [0, 0.05) is 22.6 Å². The van der Waals surface area contributed by atoms with Gasteiger partial charge in [-0.1, -0.05) is 29.8 Å². The van der Waals surface area contributed by atoms with Crippen molar-refractivity contribution in [2.45, 2.75) is 57.6 Å². The molecule has 30 heavy (non-hydrogen) atoms. The maximum atomic E-state index is 12.0. The molecule has 0 radical (unpaired) electrons. The van der Waals surface area contributed by atoms with Crippen molar-refractivity contribution in [1.82, 2.24) is 10.3 Å². The third kappa shape index (κ3) is 4.37. The first kappa shape index (κ1) is 20.9. The number of hydrogen-bond acceptors (Lipinski definition) is 4. The predicted octanol–water partition coefficient (Wildman–Crippen LogP) is 5.07. The third-order valence-electron chi connectivity index (χ3n) is 5.69. The topological polar surface area (TPSA) is 71.5 Å². The van der Waals surface area contributed by atoms with Crippen molar-refractivity contribution in [3.05, 3.63) is 52.7 Å². The quantitative estimate of drug-likeness (QED) is 0.715. The molecule has 6 heteroatoms. The lowest BCUT2D eigenvalue weighted by molar-refractivity contribution is -0.125. The van der Waals surface area contributed by atoms with Gasteiger partial charge in [0.2, 0.25) is 11.8 Å². The summed E-state index contributed by atoms with van der Waals surface area (Å²) in [6.07, 6.45) is 7.25. The van der Waals surface area contributed by atoms with Gasteiger partial charge in [-0.05, 0) is 68.9 Å². The second-order valence-electron chi connectivity index (χ2n) is 8.61. The maximum Gasteiger partial charge on any atom is 0.246 e. The van der Waals surface area contributed by atoms with Crippen LogP contribution in [-0.2, 0) is 4.79 Å². The van der Waals surface area contributed by atoms with Crippen LogP contribution in [0, 0.1) is 0 Å². The highest BCUT2D eigenvalue weighted by atomic mass is 35.5. The Balaban J connectivity index is 1.88. The van der Waals surface area contributed by atoms with E-state index in [1.54, 1.807) is 0 Å². The van der Waals surface area contributed by atoms with Crippen LogP contribution in [0.3, 0.4) is 0 Å². The lowest BCUT2D eigenvalue weighted by Crippen LogP contribution is -2.42. The van der Waals surface area contributed by atoms with Crippen molar-refractivity contribution < 1.29 is 14.6 Å². The first-order valence-electron chi connectivity index (χ1n) is 10.5. The molecule has 0 saturated carbocycles. The molecule has 1 aliphatic heterocycles. The Bertz CT molecular complexity index is 983. The van der Waals surface area contributed by atoms with Gasteiger partial charge in [-0.25, -0.2) is 4.98 Å². The molecular weight excluding hydrogens is 400 g/mol. The van der Waals surface area contributed by atoms with Gasteiger partial charge in [0.1, 0.15) is 12.2 Å². The summed E-state index contributed by atoms with van der Waals surface area (Å²) in [5, 5.41) is 12.8. The van der Waals surface area contributed by atoms with E-state index in [0.29, 0.717) is 17.3 Å². The number of ether oxygens (including phenoxy) is 1. The molecule has 1 aliphatic carbocycles. The second kappa shape index (κ2) is 8.40. The van der Waals surface area contributed by atoms with E-state index in [4.69, 9.17) is 21.3 Å². The first-order chi connectivity index (χ1) is 14.4. The molecule has 2 heterocycles. The Hall–Kier alpha value is -2.37. The van der Waals surface area contributed by atoms with E-state index < -0.39 is 18.1 Å². The van der Waals surface area contributed by atoms with Gasteiger partial charge in [-0.15, -0.1) is 0 Å². The zero-order valence-corrected chi connectivity index (χ0v) is 18.1. The standard InChI is InChI=1S/C24H27ClN2O3/c1-24(2)13-20(26-21(29)14-28)19-12-18(15-8-10-17(25)11-9-15)22(27-23(19)30-24)16-6-4-3-5-7-16/h6,8-12,20,28H,3-5,7,13-14H2,1-2H3,(H,26,29). The molecule has 1 unspecified atom stereocenters. The lowest BCUT2D eigenvalue weighted by Gasteiger charge is -2.37. The van der Waals surface area contributed by atoms with Crippen LogP contribution in [0.2, 0.25) is 5.02 Å². The fourth-order valence-electron chi connectivity index (χ4n) is 4.26. The van der Waals surface area contributed by atoms with E-state index in [1.807, 2.05) is 38.1 Å². The summed E-state index contributed by atoms with van der Waals surface area (Å²) in [6, 6.07) is 9.53. The molecule has 1 aromatic heterocycles. The Kier molecular flexibility index (Phi) is 5.85. The van der Waals surface area contributed by atoms with E-state index in [1.165, 1.54) is 12.0 Å². The second-order valence-corrected chi connectivity index (χ2v) is 9.04. The molecular formula is C24H27ClN2O3. The summed E-state index contributed by atoms with van der Waals surface area (Å²) in [4.78, 5) is 16.9. The number of carbonyl (C=O) groups excluding carboxylic acids is 1. The van der Waals surface area contributed by atoms with Crippen LogP contribution in [0.4, 0.5) is 0 Å². The van der Waals surface area contributed by atoms with Crippen LogP contribution in [-0.4, -0.2) is 28.2 Å². The molecule has 1 atom stereocenters. The van der Waals surface area contributed by atoms with Gasteiger partial charge in [-0.2, -0.15) is 0 Å². The largest absolute Gasteiger partial charge is 0.471 e. The number of nitrogens with one attached hydrogen (secondary N) is 1. The number of fused-ring (bicyclic) bond motifs is 1. The minimum atomic E-state index is -0.546. The van der Waals surface area contributed by atoms with Gasteiger partial charge >= 0.3 is 0 Å². The Labute approximate surface area is 182 Å². The summed E-state index contributed by atoms with van der Waals surface area (Å²) in [7, 11) is 0. The lowest BCUT2D eigenvalue weighted by atomic mass is 9.87. The van der Waals surface area contributed by atoms with E-state index in [2.05, 4.69) is 17.5 Å². The van der Waals surface area contributed by atoms with E-state index in [-0.39, 0.29) is 6.04 Å². The van der Waals surface area contributed by atoms with Gasteiger partial charge in [0.25, 0.3) is 0 Å². The molecule has 4 rings (SSSR count). The maximum absolute atomic E-state index is 12.0. The number of pyridine rings is 1. The van der Waals surface area contributed by atoms with Crippen molar-refractivity contribution in [3.63, 3.8) is 0 Å². The van der Waals surface area contributed by atoms with Crippen LogP contribution < -0.4 is 10.1 Å². The highest BCUT2D eigenvalue weighted by molar-refractivity contribution is 6.30. The number of rotatable bonds is 4. The monoisotopic (exact) mass is 426 g/mol. The molecule has 0 bridgehead atoms. The molecule has 2 N–H and O–H groups in total. The molecule has 0 spiro atoms. The van der Waals surface area contributed by atoms with Crippen molar-refractivity contribution in [2.75, 3.05) is 6.61 Å². The van der Waals surface area contributed by atoms with Crippen LogP contribution in [0.5, 0.6) is 5.88 Å². The fourth-order valence-corrected chi connectivity index (χ4v) is 4.39. The highest BCUT2D eigenvalue weighted by Crippen LogP contribution is 2.43. The normalized spacial score (nSPS) is 20.0. The molecule has 1 amide bonds. The molecule has 2 aromatic rings. The van der Waals surface area contributed by atoms with E-state index in [9.17, 15) is 9.90 Å². The number of carbonyl (C=O) groups is 1. The number of benzene rings is 1. The number of aliphatic hydroxyl groups is 1. The molecule has 158 valence electrons. The minimum Gasteiger partial charge on any atom is -0.471 e. The number of halogens is 1. The third-order valence-corrected chi connectivity index (χ3v) is 5.94. The Morgan fingerprint density at radius 3 is 2.73 bits per heavy atom. The SMILES string of the molecule is CC1(C)CC(NC(=O)CO)c2cc(-c3ccc(Cl)cc3)c(C3=CCCCC3)nc2O1. The van der Waals surface area contributed by atoms with E-state index >= 15 is 0 Å². The minimum absolute atomic E-state index is 0.281.